The average Bonchev–Trinajstić information content (AvgIpc) is 2.54. The molecule has 0 saturated carbocycles. The monoisotopic (exact) mass is 288 g/mol. The maximum absolute atomic E-state index is 10.1. The van der Waals surface area contributed by atoms with Gasteiger partial charge in [0.15, 0.2) is 0 Å². The van der Waals surface area contributed by atoms with Crippen LogP contribution in [0.1, 0.15) is 25.0 Å². The average molecular weight is 288 g/mol. The van der Waals surface area contributed by atoms with Crippen molar-refractivity contribution >= 4 is 0 Å². The van der Waals surface area contributed by atoms with Crippen LogP contribution in [0.5, 0.6) is 23.0 Å². The lowest BCUT2D eigenvalue weighted by Crippen LogP contribution is -1.99. The third-order valence-electron chi connectivity index (χ3n) is 3.22. The molecule has 112 valence electrons. The third kappa shape index (κ3) is 3.67. The van der Waals surface area contributed by atoms with Crippen LogP contribution in [0, 0.1) is 0 Å². The summed E-state index contributed by atoms with van der Waals surface area (Å²) < 4.78 is 16.3. The SMILES string of the molecule is CC[C@@H](O)c1ccccc1Oc1cc(OC)cc(OC)c1. The number of para-hydroxylation sites is 1. The number of hydrogen-bond donors (Lipinski definition) is 1. The number of aliphatic hydroxyl groups excluding tert-OH is 1. The minimum absolute atomic E-state index is 0.547. The molecule has 1 atom stereocenters. The van der Waals surface area contributed by atoms with Crippen LogP contribution in [0.4, 0.5) is 0 Å². The van der Waals surface area contributed by atoms with Crippen molar-refractivity contribution in [2.24, 2.45) is 0 Å². The van der Waals surface area contributed by atoms with E-state index in [1.54, 1.807) is 32.4 Å². The van der Waals surface area contributed by atoms with Crippen molar-refractivity contribution in [2.45, 2.75) is 19.4 Å². The lowest BCUT2D eigenvalue weighted by Gasteiger charge is -2.15. The molecule has 0 aliphatic carbocycles. The van der Waals surface area contributed by atoms with Gasteiger partial charge >= 0.3 is 0 Å². The summed E-state index contributed by atoms with van der Waals surface area (Å²) in [5, 5.41) is 10.1. The number of methoxy groups -OCH3 is 2. The second kappa shape index (κ2) is 6.99. The molecule has 4 nitrogen and oxygen atoms in total. The van der Waals surface area contributed by atoms with E-state index in [4.69, 9.17) is 14.2 Å². The smallest absolute Gasteiger partial charge is 0.134 e. The fraction of sp³-hybridized carbons (Fsp3) is 0.294. The Kier molecular flexibility index (Phi) is 5.06. The van der Waals surface area contributed by atoms with Gasteiger partial charge in [-0.2, -0.15) is 0 Å². The molecule has 0 aliphatic rings. The van der Waals surface area contributed by atoms with Crippen LogP contribution in [-0.2, 0) is 0 Å². The highest BCUT2D eigenvalue weighted by Gasteiger charge is 2.12. The van der Waals surface area contributed by atoms with E-state index >= 15 is 0 Å². The summed E-state index contributed by atoms with van der Waals surface area (Å²) in [6.45, 7) is 1.93. The summed E-state index contributed by atoms with van der Waals surface area (Å²) in [6, 6.07) is 12.8. The Balaban J connectivity index is 2.34. The molecule has 21 heavy (non-hydrogen) atoms. The van der Waals surface area contributed by atoms with Crippen LogP contribution in [0.25, 0.3) is 0 Å². The standard InChI is InChI=1S/C17H20O4/c1-4-16(18)15-7-5-6-8-17(15)21-14-10-12(19-2)9-13(11-14)20-3/h5-11,16,18H,4H2,1-3H3/t16-/m1/s1. The van der Waals surface area contributed by atoms with Crippen molar-refractivity contribution < 1.29 is 19.3 Å². The van der Waals surface area contributed by atoms with Crippen LogP contribution in [0.2, 0.25) is 0 Å². The van der Waals surface area contributed by atoms with E-state index in [9.17, 15) is 5.11 Å². The Labute approximate surface area is 124 Å². The van der Waals surface area contributed by atoms with Crippen molar-refractivity contribution in [3.8, 4) is 23.0 Å². The number of rotatable bonds is 6. The first-order valence-corrected chi connectivity index (χ1v) is 6.85. The lowest BCUT2D eigenvalue weighted by molar-refractivity contribution is 0.170. The molecule has 0 heterocycles. The highest BCUT2D eigenvalue weighted by Crippen LogP contribution is 2.34. The van der Waals surface area contributed by atoms with Gasteiger partial charge in [0.05, 0.1) is 20.3 Å². The van der Waals surface area contributed by atoms with Gasteiger partial charge in [-0.1, -0.05) is 25.1 Å². The molecule has 0 unspecified atom stereocenters. The molecule has 1 N–H and O–H groups in total. The molecule has 0 amide bonds. The molecular formula is C17H20O4. The van der Waals surface area contributed by atoms with Gasteiger partial charge in [-0.3, -0.25) is 0 Å². The second-order valence-corrected chi connectivity index (χ2v) is 4.61. The number of ether oxygens (including phenoxy) is 3. The van der Waals surface area contributed by atoms with Gasteiger partial charge in [-0.15, -0.1) is 0 Å². The van der Waals surface area contributed by atoms with Gasteiger partial charge in [-0.05, 0) is 12.5 Å². The van der Waals surface area contributed by atoms with Gasteiger partial charge in [0, 0.05) is 23.8 Å². The molecule has 0 radical (unpaired) electrons. The summed E-state index contributed by atoms with van der Waals surface area (Å²) in [6.07, 6.45) is 0.0793. The highest BCUT2D eigenvalue weighted by molar-refractivity contribution is 5.45. The van der Waals surface area contributed by atoms with Crippen LogP contribution < -0.4 is 14.2 Å². The van der Waals surface area contributed by atoms with Crippen LogP contribution in [-0.4, -0.2) is 19.3 Å². The highest BCUT2D eigenvalue weighted by atomic mass is 16.5. The van der Waals surface area contributed by atoms with E-state index in [1.165, 1.54) is 0 Å². The van der Waals surface area contributed by atoms with Gasteiger partial charge in [-0.25, -0.2) is 0 Å². The Morgan fingerprint density at radius 3 is 2.10 bits per heavy atom. The molecule has 2 aromatic carbocycles. The Bertz CT molecular complexity index is 573. The fourth-order valence-corrected chi connectivity index (χ4v) is 2.04. The van der Waals surface area contributed by atoms with E-state index in [0.29, 0.717) is 29.4 Å². The zero-order chi connectivity index (χ0) is 15.2. The Morgan fingerprint density at radius 1 is 0.952 bits per heavy atom. The molecule has 2 aromatic rings. The number of aliphatic hydroxyl groups is 1. The van der Waals surface area contributed by atoms with Gasteiger partial charge in [0.25, 0.3) is 0 Å². The fourth-order valence-electron chi connectivity index (χ4n) is 2.04. The number of benzene rings is 2. The Morgan fingerprint density at radius 2 is 1.52 bits per heavy atom. The molecular weight excluding hydrogens is 268 g/mol. The second-order valence-electron chi connectivity index (χ2n) is 4.61. The van der Waals surface area contributed by atoms with Crippen LogP contribution >= 0.6 is 0 Å². The molecule has 0 saturated heterocycles. The largest absolute Gasteiger partial charge is 0.496 e. The van der Waals surface area contributed by atoms with Crippen molar-refractivity contribution in [2.75, 3.05) is 14.2 Å². The Hall–Kier alpha value is -2.20. The summed E-state index contributed by atoms with van der Waals surface area (Å²) in [7, 11) is 3.18. The molecule has 2 rings (SSSR count). The lowest BCUT2D eigenvalue weighted by atomic mass is 10.1. The minimum atomic E-state index is -0.547. The van der Waals surface area contributed by atoms with Gasteiger partial charge < -0.3 is 19.3 Å². The maximum Gasteiger partial charge on any atom is 0.134 e. The summed E-state index contributed by atoms with van der Waals surface area (Å²) in [5.41, 5.74) is 0.766. The van der Waals surface area contributed by atoms with Crippen LogP contribution in [0.15, 0.2) is 42.5 Å². The quantitative estimate of drug-likeness (QED) is 0.874. The van der Waals surface area contributed by atoms with Gasteiger partial charge in [0.2, 0.25) is 0 Å². The molecule has 0 spiro atoms. The van der Waals surface area contributed by atoms with Crippen LogP contribution in [0.3, 0.4) is 0 Å². The zero-order valence-corrected chi connectivity index (χ0v) is 12.5. The summed E-state index contributed by atoms with van der Waals surface area (Å²) in [4.78, 5) is 0. The first kappa shape index (κ1) is 15.2. The van der Waals surface area contributed by atoms with Crippen molar-refractivity contribution in [1.82, 2.24) is 0 Å². The zero-order valence-electron chi connectivity index (χ0n) is 12.5. The van der Waals surface area contributed by atoms with E-state index in [0.717, 1.165) is 5.56 Å². The van der Waals surface area contributed by atoms with E-state index < -0.39 is 6.10 Å². The van der Waals surface area contributed by atoms with Crippen molar-refractivity contribution in [3.05, 3.63) is 48.0 Å². The summed E-state index contributed by atoms with van der Waals surface area (Å²) >= 11 is 0. The number of hydrogen-bond acceptors (Lipinski definition) is 4. The topological polar surface area (TPSA) is 47.9 Å². The van der Waals surface area contributed by atoms with E-state index in [1.807, 2.05) is 31.2 Å². The molecule has 0 aromatic heterocycles. The normalized spacial score (nSPS) is 11.8. The third-order valence-corrected chi connectivity index (χ3v) is 3.22. The van der Waals surface area contributed by atoms with Gasteiger partial charge in [0.1, 0.15) is 23.0 Å². The first-order valence-electron chi connectivity index (χ1n) is 6.85. The van der Waals surface area contributed by atoms with E-state index in [2.05, 4.69) is 0 Å². The molecule has 0 fully saturated rings. The summed E-state index contributed by atoms with van der Waals surface area (Å²) in [5.74, 6) is 2.53. The molecule has 0 bridgehead atoms. The predicted octanol–water partition coefficient (Wildman–Crippen LogP) is 3.94. The molecule has 4 heteroatoms. The van der Waals surface area contributed by atoms with Crippen molar-refractivity contribution in [3.63, 3.8) is 0 Å². The predicted molar refractivity (Wildman–Crippen MR) is 81.3 cm³/mol. The first-order chi connectivity index (χ1) is 10.2. The van der Waals surface area contributed by atoms with E-state index in [-0.39, 0.29) is 0 Å². The van der Waals surface area contributed by atoms with Crippen molar-refractivity contribution in [1.29, 1.82) is 0 Å². The minimum Gasteiger partial charge on any atom is -0.496 e. The maximum atomic E-state index is 10.1. The molecule has 0 aliphatic heterocycles.